The molecular formula is C77H100N8O14. The maximum atomic E-state index is 14.8. The molecule has 4 aromatic carbocycles. The molecule has 4 aromatic rings. The van der Waals surface area contributed by atoms with Crippen molar-refractivity contribution >= 4 is 70.3 Å². The van der Waals surface area contributed by atoms with Crippen LogP contribution in [0, 0.1) is 40.4 Å². The summed E-state index contributed by atoms with van der Waals surface area (Å²) in [6.07, 6.45) is 7.12. The SMILES string of the molecule is CC(C)[C@H](NC(=O)[C@@H](CCC(=O)O)NC(=O)CCOCCOCCOCCOCCNC(=O)CCC(=O)N1Cc2ccccc2C#Cc2ccccc21)C(=O)N[C@@H](C)C(=O)Nc1ccc2c(c1)[C@@]1(C)CCC[C@](C)(C(=O)NC(=O)[C@@]3(C)CCC[C@]4(C)c5cc(N)ccc5CC[C@@H]34)[C@@H]1CC2. The number of imide groups is 1. The van der Waals surface area contributed by atoms with Crippen LogP contribution < -0.4 is 42.5 Å². The Bertz CT molecular complexity index is 3700. The van der Waals surface area contributed by atoms with Gasteiger partial charge in [0.1, 0.15) is 18.1 Å². The predicted octanol–water partition coefficient (Wildman–Crippen LogP) is 7.87. The molecule has 2 fully saturated rings. The van der Waals surface area contributed by atoms with Gasteiger partial charge in [0, 0.05) is 54.7 Å². The molecule has 8 amide bonds. The second-order valence-corrected chi connectivity index (χ2v) is 28.6. The fourth-order valence-electron chi connectivity index (χ4n) is 16.0. The van der Waals surface area contributed by atoms with Crippen LogP contribution in [0.3, 0.4) is 0 Å². The van der Waals surface area contributed by atoms with E-state index in [9.17, 15) is 48.3 Å². The summed E-state index contributed by atoms with van der Waals surface area (Å²) in [6.45, 7) is 15.8. The topological polar surface area (TPSA) is 312 Å². The summed E-state index contributed by atoms with van der Waals surface area (Å²) in [5.74, 6) is 1.28. The van der Waals surface area contributed by atoms with E-state index in [0.29, 0.717) is 49.5 Å². The number of hydrogen-bond donors (Lipinski definition) is 8. The molecule has 0 saturated heterocycles. The van der Waals surface area contributed by atoms with Crippen LogP contribution in [0.1, 0.15) is 171 Å². The molecule has 0 bridgehead atoms. The average molecular weight is 1360 g/mol. The maximum absolute atomic E-state index is 14.8. The summed E-state index contributed by atoms with van der Waals surface area (Å²) >= 11 is 0. The van der Waals surface area contributed by atoms with Crippen molar-refractivity contribution in [2.75, 3.05) is 75.4 Å². The molecule has 2 saturated carbocycles. The molecular weight excluding hydrogens is 1260 g/mol. The lowest BCUT2D eigenvalue weighted by atomic mass is 9.49. The number of rotatable bonds is 31. The second kappa shape index (κ2) is 33.6. The van der Waals surface area contributed by atoms with Crippen LogP contribution in [-0.2, 0) is 92.3 Å². The molecule has 0 spiro atoms. The summed E-state index contributed by atoms with van der Waals surface area (Å²) < 4.78 is 22.3. The Morgan fingerprint density at radius 2 is 1.15 bits per heavy atom. The van der Waals surface area contributed by atoms with Gasteiger partial charge < -0.3 is 61.3 Å². The molecule has 1 heterocycles. The van der Waals surface area contributed by atoms with E-state index in [1.54, 1.807) is 18.7 Å². The van der Waals surface area contributed by atoms with Gasteiger partial charge in [-0.15, -0.1) is 0 Å². The molecule has 4 aliphatic carbocycles. The number of carboxylic acid groups (broad SMARTS) is 1. The number of nitrogens with zero attached hydrogens (tertiary/aromatic N) is 1. The second-order valence-electron chi connectivity index (χ2n) is 28.6. The molecule has 0 unspecified atom stereocenters. The summed E-state index contributed by atoms with van der Waals surface area (Å²) in [5, 5.41) is 26.3. The minimum atomic E-state index is -1.30. The standard InChI is InChI=1S/C77H100N8O14/c1-49(2)68(71(93)80-50(3)69(91)81-57-25-21-53-23-28-63-75(5,59(53)47-57)34-13-36-77(63,7)73(95)84-72(94)76(6)35-12-33-74(4)58-46-56(78)24-20-52(58)22-27-62(74)76)83-70(92)60(26-31-67(89)90)82-65(87)32-38-96-40-42-98-44-45-99-43-41-97-39-37-79-64(86)29-30-66(88)85-48-55-16-9-8-14-51(55)18-19-54-15-10-11-17-61(54)85/h8-11,14-17,20-21,24-25,46-47,49-50,60,62-63,68H,12-13,22-23,26-45,48,78H2,1-7H3,(H,79,86)(H,80,93)(H,81,91)(H,82,87)(H,83,92)(H,89,90)(H,84,94,95)/t50-,60+,62+,63+,68-,74+,75+,76-,77-/m0/s1. The molecule has 9 N–H and O–H groups in total. The third-order valence-corrected chi connectivity index (χ3v) is 21.5. The van der Waals surface area contributed by atoms with Gasteiger partial charge in [-0.1, -0.05) is 109 Å². The summed E-state index contributed by atoms with van der Waals surface area (Å²) in [5.41, 5.74) is 13.2. The van der Waals surface area contributed by atoms with Gasteiger partial charge >= 0.3 is 5.97 Å². The van der Waals surface area contributed by atoms with Crippen molar-refractivity contribution in [2.45, 2.75) is 180 Å². The number of fused-ring (bicyclic) bond motifs is 8. The zero-order chi connectivity index (χ0) is 71.1. The highest BCUT2D eigenvalue weighted by atomic mass is 16.6. The molecule has 22 nitrogen and oxygen atoms in total. The van der Waals surface area contributed by atoms with Crippen LogP contribution >= 0.6 is 0 Å². The molecule has 0 aromatic heterocycles. The van der Waals surface area contributed by atoms with E-state index in [4.69, 9.17) is 24.7 Å². The Morgan fingerprint density at radius 3 is 1.78 bits per heavy atom. The molecule has 1 aliphatic heterocycles. The number of ether oxygens (including phenoxy) is 4. The summed E-state index contributed by atoms with van der Waals surface area (Å²) in [4.78, 5) is 124. The lowest BCUT2D eigenvalue weighted by Gasteiger charge is -2.56. The smallest absolute Gasteiger partial charge is 0.303 e. The Kier molecular flexibility index (Phi) is 25.3. The number of nitrogen functional groups attached to an aromatic ring is 1. The van der Waals surface area contributed by atoms with Gasteiger partial charge in [0.15, 0.2) is 0 Å². The normalized spacial score (nSPS) is 22.7. The Morgan fingerprint density at radius 1 is 0.586 bits per heavy atom. The van der Waals surface area contributed by atoms with Crippen LogP contribution in [0.15, 0.2) is 84.9 Å². The lowest BCUT2D eigenvalue weighted by Crippen LogP contribution is -2.60. The molecule has 9 rings (SSSR count). The first-order valence-electron chi connectivity index (χ1n) is 35.2. The van der Waals surface area contributed by atoms with Gasteiger partial charge in [-0.3, -0.25) is 48.5 Å². The number of para-hydroxylation sites is 1. The Hall–Kier alpha value is -8.49. The van der Waals surface area contributed by atoms with Crippen molar-refractivity contribution in [3.63, 3.8) is 0 Å². The van der Waals surface area contributed by atoms with Gasteiger partial charge in [0.05, 0.1) is 75.9 Å². The number of anilines is 3. The molecule has 99 heavy (non-hydrogen) atoms. The fourth-order valence-corrected chi connectivity index (χ4v) is 16.0. The summed E-state index contributed by atoms with van der Waals surface area (Å²) in [6, 6.07) is 23.6. The Labute approximate surface area is 581 Å². The van der Waals surface area contributed by atoms with E-state index >= 15 is 0 Å². The number of aliphatic carboxylic acids is 1. The lowest BCUT2D eigenvalue weighted by molar-refractivity contribution is -0.150. The molecule has 22 heteroatoms. The molecule has 9 atom stereocenters. The van der Waals surface area contributed by atoms with E-state index in [1.165, 1.54) is 18.1 Å². The number of nitrogens with one attached hydrogen (secondary N) is 6. The highest BCUT2D eigenvalue weighted by Gasteiger charge is 2.58. The van der Waals surface area contributed by atoms with Crippen molar-refractivity contribution in [1.29, 1.82) is 0 Å². The monoisotopic (exact) mass is 1360 g/mol. The quantitative estimate of drug-likeness (QED) is 0.0103. The van der Waals surface area contributed by atoms with Gasteiger partial charge in [-0.05, 0) is 164 Å². The van der Waals surface area contributed by atoms with E-state index in [-0.39, 0.29) is 119 Å². The van der Waals surface area contributed by atoms with Crippen LogP contribution in [0.4, 0.5) is 17.1 Å². The van der Waals surface area contributed by atoms with Crippen LogP contribution in [0.5, 0.6) is 0 Å². The highest BCUT2D eigenvalue weighted by Crippen LogP contribution is 2.60. The van der Waals surface area contributed by atoms with E-state index in [0.717, 1.165) is 72.8 Å². The van der Waals surface area contributed by atoms with E-state index in [1.807, 2.05) is 86.6 Å². The van der Waals surface area contributed by atoms with Crippen LogP contribution in [0.25, 0.3) is 0 Å². The molecule has 0 radical (unpaired) electrons. The number of benzene rings is 4. The zero-order valence-corrected chi connectivity index (χ0v) is 58.5. The minimum absolute atomic E-state index is 0.0223. The van der Waals surface area contributed by atoms with Gasteiger partial charge in [0.25, 0.3) is 0 Å². The number of carbonyl (C=O) groups is 9. The largest absolute Gasteiger partial charge is 0.481 e. The van der Waals surface area contributed by atoms with Gasteiger partial charge in [-0.25, -0.2) is 0 Å². The number of nitrogens with two attached hydrogens (primary N) is 1. The van der Waals surface area contributed by atoms with Crippen LogP contribution in [0.2, 0.25) is 0 Å². The number of aryl methyl sites for hydroxylation is 2. The van der Waals surface area contributed by atoms with Crippen molar-refractivity contribution < 1.29 is 67.2 Å². The van der Waals surface area contributed by atoms with Crippen molar-refractivity contribution in [2.24, 2.45) is 28.6 Å². The number of carboxylic acids is 1. The molecule has 5 aliphatic rings. The van der Waals surface area contributed by atoms with E-state index < -0.39 is 76.3 Å². The van der Waals surface area contributed by atoms with Gasteiger partial charge in [0.2, 0.25) is 47.3 Å². The Balaban J connectivity index is 0.653. The number of hydrogen-bond acceptors (Lipinski definition) is 14. The van der Waals surface area contributed by atoms with Crippen molar-refractivity contribution in [3.8, 4) is 11.8 Å². The zero-order valence-electron chi connectivity index (χ0n) is 58.5. The number of amides is 8. The third kappa shape index (κ3) is 18.1. The van der Waals surface area contributed by atoms with E-state index in [2.05, 4.69) is 69.7 Å². The van der Waals surface area contributed by atoms with Crippen molar-refractivity contribution in [3.05, 3.63) is 124 Å². The summed E-state index contributed by atoms with van der Waals surface area (Å²) in [7, 11) is 0. The average Bonchev–Trinajstić information content (AvgIpc) is 0.725. The third-order valence-electron chi connectivity index (χ3n) is 21.5. The first-order valence-corrected chi connectivity index (χ1v) is 35.2. The van der Waals surface area contributed by atoms with Gasteiger partial charge in [-0.2, -0.15) is 0 Å². The first-order chi connectivity index (χ1) is 47.3. The maximum Gasteiger partial charge on any atom is 0.303 e. The fraction of sp³-hybridized carbons (Fsp3) is 0.545. The minimum Gasteiger partial charge on any atom is -0.481 e. The first kappa shape index (κ1) is 74.7. The van der Waals surface area contributed by atoms with Crippen molar-refractivity contribution in [1.82, 2.24) is 26.6 Å². The molecule has 532 valence electrons. The predicted molar refractivity (Wildman–Crippen MR) is 375 cm³/mol. The van der Waals surface area contributed by atoms with Crippen LogP contribution in [-0.4, -0.2) is 136 Å². The number of carbonyl (C=O) groups excluding carboxylic acids is 8. The highest BCUT2D eigenvalue weighted by molar-refractivity contribution is 6.02.